The quantitative estimate of drug-likeness (QED) is 0.804. The van der Waals surface area contributed by atoms with Crippen molar-refractivity contribution in [3.63, 3.8) is 0 Å². The van der Waals surface area contributed by atoms with Crippen molar-refractivity contribution in [1.82, 2.24) is 0 Å². The van der Waals surface area contributed by atoms with Gasteiger partial charge in [0.15, 0.2) is 6.10 Å². The molecule has 0 spiro atoms. The normalized spacial score (nSPS) is 11.7. The highest BCUT2D eigenvalue weighted by Gasteiger charge is 2.20. The van der Waals surface area contributed by atoms with E-state index < -0.39 is 12.1 Å². The average molecular weight is 368 g/mol. The van der Waals surface area contributed by atoms with Crippen molar-refractivity contribution in [3.8, 4) is 5.75 Å². The molecule has 1 atom stereocenters. The van der Waals surface area contributed by atoms with Gasteiger partial charge < -0.3 is 14.8 Å². The highest BCUT2D eigenvalue weighted by atomic mass is 35.5. The Morgan fingerprint density at radius 2 is 1.88 bits per heavy atom. The van der Waals surface area contributed by atoms with Crippen LogP contribution in [0.1, 0.15) is 27.7 Å². The molecule has 0 fully saturated rings. The van der Waals surface area contributed by atoms with Gasteiger partial charge in [-0.05, 0) is 55.5 Å². The van der Waals surface area contributed by atoms with Crippen molar-refractivity contribution in [3.05, 3.63) is 44.6 Å². The van der Waals surface area contributed by atoms with E-state index in [2.05, 4.69) is 10.1 Å². The zero-order valence-corrected chi connectivity index (χ0v) is 15.4. The molecule has 2 aromatic rings. The molecule has 0 saturated carbocycles. The van der Waals surface area contributed by atoms with Crippen LogP contribution in [-0.4, -0.2) is 25.1 Å². The van der Waals surface area contributed by atoms with E-state index in [1.54, 1.807) is 30.5 Å². The van der Waals surface area contributed by atoms with Crippen LogP contribution in [0.15, 0.2) is 23.6 Å². The summed E-state index contributed by atoms with van der Waals surface area (Å²) in [5, 5.41) is 5.07. The Hall–Kier alpha value is -2.05. The number of ether oxygens (including phenoxy) is 2. The summed E-state index contributed by atoms with van der Waals surface area (Å²) in [6.45, 7) is 5.39. The van der Waals surface area contributed by atoms with Crippen LogP contribution in [0.4, 0.5) is 5.69 Å². The Morgan fingerprint density at radius 1 is 1.25 bits per heavy atom. The fraction of sp³-hybridized carbons (Fsp3) is 0.294. The SMILES string of the molecule is COC(=O)c1sccc1NC(=O)[C@@H](C)Oc1cc(C)c(Cl)c(C)c1. The predicted molar refractivity (Wildman–Crippen MR) is 95.3 cm³/mol. The number of esters is 1. The van der Waals surface area contributed by atoms with Crippen LogP contribution in [0.2, 0.25) is 5.02 Å². The van der Waals surface area contributed by atoms with Gasteiger partial charge >= 0.3 is 5.97 Å². The number of anilines is 1. The third-order valence-corrected chi connectivity index (χ3v) is 4.88. The van der Waals surface area contributed by atoms with Crippen molar-refractivity contribution in [1.29, 1.82) is 0 Å². The minimum Gasteiger partial charge on any atom is -0.481 e. The van der Waals surface area contributed by atoms with Crippen molar-refractivity contribution >= 4 is 40.5 Å². The molecule has 0 saturated heterocycles. The lowest BCUT2D eigenvalue weighted by molar-refractivity contribution is -0.122. The third kappa shape index (κ3) is 4.07. The van der Waals surface area contributed by atoms with E-state index >= 15 is 0 Å². The summed E-state index contributed by atoms with van der Waals surface area (Å²) in [6, 6.07) is 5.21. The number of hydrogen-bond donors (Lipinski definition) is 1. The van der Waals surface area contributed by atoms with Crippen LogP contribution < -0.4 is 10.1 Å². The number of carbonyl (C=O) groups excluding carboxylic acids is 2. The molecule has 1 N–H and O–H groups in total. The summed E-state index contributed by atoms with van der Waals surface area (Å²) in [4.78, 5) is 24.3. The number of amides is 1. The molecule has 5 nitrogen and oxygen atoms in total. The van der Waals surface area contributed by atoms with E-state index in [9.17, 15) is 9.59 Å². The molecule has 2 rings (SSSR count). The molecular weight excluding hydrogens is 350 g/mol. The summed E-state index contributed by atoms with van der Waals surface area (Å²) in [6.07, 6.45) is -0.740. The van der Waals surface area contributed by atoms with E-state index in [0.29, 0.717) is 21.3 Å². The van der Waals surface area contributed by atoms with Crippen LogP contribution in [0.3, 0.4) is 0 Å². The maximum Gasteiger partial charge on any atom is 0.350 e. The summed E-state index contributed by atoms with van der Waals surface area (Å²) in [5.41, 5.74) is 2.17. The van der Waals surface area contributed by atoms with E-state index in [0.717, 1.165) is 11.1 Å². The van der Waals surface area contributed by atoms with Crippen LogP contribution in [0.25, 0.3) is 0 Å². The van der Waals surface area contributed by atoms with Gasteiger partial charge in [-0.25, -0.2) is 4.79 Å². The first kappa shape index (κ1) is 18.3. The zero-order valence-electron chi connectivity index (χ0n) is 13.8. The first-order valence-corrected chi connectivity index (χ1v) is 8.49. The Morgan fingerprint density at radius 3 is 2.46 bits per heavy atom. The molecule has 0 aliphatic carbocycles. The molecule has 0 bridgehead atoms. The molecule has 0 radical (unpaired) electrons. The largest absolute Gasteiger partial charge is 0.481 e. The fourth-order valence-electron chi connectivity index (χ4n) is 2.12. The van der Waals surface area contributed by atoms with Crippen LogP contribution in [-0.2, 0) is 9.53 Å². The van der Waals surface area contributed by atoms with Crippen LogP contribution in [0.5, 0.6) is 5.75 Å². The molecule has 0 unspecified atom stereocenters. The zero-order chi connectivity index (χ0) is 17.9. The molecule has 128 valence electrons. The molecule has 7 heteroatoms. The average Bonchev–Trinajstić information content (AvgIpc) is 2.99. The number of thiophene rings is 1. The third-order valence-electron chi connectivity index (χ3n) is 3.39. The van der Waals surface area contributed by atoms with Crippen LogP contribution in [0, 0.1) is 13.8 Å². The fourth-order valence-corrected chi connectivity index (χ4v) is 3.00. The maximum atomic E-state index is 12.3. The molecule has 1 heterocycles. The Labute approximate surface area is 149 Å². The van der Waals surface area contributed by atoms with Crippen molar-refractivity contribution in [2.75, 3.05) is 12.4 Å². The Kier molecular flexibility index (Phi) is 5.85. The van der Waals surface area contributed by atoms with Gasteiger partial charge in [-0.1, -0.05) is 11.6 Å². The molecule has 1 amide bonds. The second kappa shape index (κ2) is 7.68. The molecule has 0 aliphatic rings. The second-order valence-corrected chi connectivity index (χ2v) is 6.57. The minimum absolute atomic E-state index is 0.344. The van der Waals surface area contributed by atoms with E-state index in [1.807, 2.05) is 13.8 Å². The number of halogens is 1. The first-order chi connectivity index (χ1) is 11.3. The number of nitrogens with one attached hydrogen (secondary N) is 1. The summed E-state index contributed by atoms with van der Waals surface area (Å²) < 4.78 is 10.4. The molecule has 1 aromatic heterocycles. The molecule has 0 aliphatic heterocycles. The Balaban J connectivity index is 2.08. The monoisotopic (exact) mass is 367 g/mol. The van der Waals surface area contributed by atoms with Gasteiger partial charge in [-0.15, -0.1) is 11.3 Å². The van der Waals surface area contributed by atoms with Gasteiger partial charge in [0, 0.05) is 5.02 Å². The standard InChI is InChI=1S/C17H18ClNO4S/c1-9-7-12(8-10(2)14(9)18)23-11(3)16(20)19-13-5-6-24-15(13)17(21)22-4/h5-8,11H,1-4H3,(H,19,20)/t11-/m1/s1. The maximum absolute atomic E-state index is 12.3. The smallest absolute Gasteiger partial charge is 0.350 e. The van der Waals surface area contributed by atoms with E-state index in [-0.39, 0.29) is 5.91 Å². The lowest BCUT2D eigenvalue weighted by Gasteiger charge is -2.16. The minimum atomic E-state index is -0.740. The molecule has 1 aromatic carbocycles. The lowest BCUT2D eigenvalue weighted by Crippen LogP contribution is -2.30. The number of rotatable bonds is 5. The summed E-state index contributed by atoms with van der Waals surface area (Å²) >= 11 is 7.33. The van der Waals surface area contributed by atoms with Gasteiger partial charge in [0.2, 0.25) is 0 Å². The molecular formula is C17H18ClNO4S. The highest BCUT2D eigenvalue weighted by molar-refractivity contribution is 7.12. The summed E-state index contributed by atoms with van der Waals surface area (Å²) in [7, 11) is 1.30. The van der Waals surface area contributed by atoms with Crippen molar-refractivity contribution in [2.45, 2.75) is 26.9 Å². The van der Waals surface area contributed by atoms with Crippen molar-refractivity contribution in [2.24, 2.45) is 0 Å². The topological polar surface area (TPSA) is 64.6 Å². The first-order valence-electron chi connectivity index (χ1n) is 7.23. The Bertz CT molecular complexity index is 749. The molecule has 24 heavy (non-hydrogen) atoms. The van der Waals surface area contributed by atoms with Crippen molar-refractivity contribution < 1.29 is 19.1 Å². The van der Waals surface area contributed by atoms with E-state index in [1.165, 1.54) is 18.4 Å². The number of methoxy groups -OCH3 is 1. The second-order valence-electron chi connectivity index (χ2n) is 5.28. The lowest BCUT2D eigenvalue weighted by atomic mass is 10.1. The number of carbonyl (C=O) groups is 2. The van der Waals surface area contributed by atoms with Gasteiger partial charge in [-0.3, -0.25) is 4.79 Å². The number of hydrogen-bond acceptors (Lipinski definition) is 5. The predicted octanol–water partition coefficient (Wildman–Crippen LogP) is 4.21. The van der Waals surface area contributed by atoms with E-state index in [4.69, 9.17) is 16.3 Å². The van der Waals surface area contributed by atoms with Gasteiger partial charge in [0.25, 0.3) is 5.91 Å². The number of aryl methyl sites for hydroxylation is 2. The highest BCUT2D eigenvalue weighted by Crippen LogP contribution is 2.27. The summed E-state index contributed by atoms with van der Waals surface area (Å²) in [5.74, 6) is -0.280. The van der Waals surface area contributed by atoms with Gasteiger partial charge in [-0.2, -0.15) is 0 Å². The number of benzene rings is 1. The van der Waals surface area contributed by atoms with Gasteiger partial charge in [0.05, 0.1) is 12.8 Å². The van der Waals surface area contributed by atoms with Gasteiger partial charge in [0.1, 0.15) is 10.6 Å². The van der Waals surface area contributed by atoms with Crippen LogP contribution >= 0.6 is 22.9 Å².